The Morgan fingerprint density at radius 3 is 2.32 bits per heavy atom. The lowest BCUT2D eigenvalue weighted by Gasteiger charge is -2.27. The van der Waals surface area contributed by atoms with Gasteiger partial charge in [0, 0.05) is 38.6 Å². The van der Waals surface area contributed by atoms with E-state index in [0.717, 1.165) is 38.0 Å². The minimum absolute atomic E-state index is 0.204. The summed E-state index contributed by atoms with van der Waals surface area (Å²) in [5.74, 6) is -0.138. The number of hydrogen-bond acceptors (Lipinski definition) is 4. The molecular formula is C23H26N2O3. The van der Waals surface area contributed by atoms with Crippen LogP contribution in [-0.4, -0.2) is 54.5 Å². The molecule has 146 valence electrons. The van der Waals surface area contributed by atoms with Gasteiger partial charge in [0.25, 0.3) is 0 Å². The first kappa shape index (κ1) is 18.7. The molecule has 0 atom stereocenters. The van der Waals surface area contributed by atoms with Gasteiger partial charge in [-0.2, -0.15) is 0 Å². The first-order valence-electron chi connectivity index (χ1n) is 9.90. The second-order valence-electron chi connectivity index (χ2n) is 7.62. The summed E-state index contributed by atoms with van der Waals surface area (Å²) in [5, 5.41) is 0. The van der Waals surface area contributed by atoms with E-state index < -0.39 is 0 Å². The molecule has 1 fully saturated rings. The summed E-state index contributed by atoms with van der Waals surface area (Å²) in [5.41, 5.74) is 4.46. The summed E-state index contributed by atoms with van der Waals surface area (Å²) in [4.78, 5) is 28.6. The Kier molecular flexibility index (Phi) is 5.44. The van der Waals surface area contributed by atoms with E-state index in [4.69, 9.17) is 4.74 Å². The van der Waals surface area contributed by atoms with Gasteiger partial charge in [-0.05, 0) is 41.7 Å². The van der Waals surface area contributed by atoms with Crippen molar-refractivity contribution in [2.24, 2.45) is 0 Å². The molecule has 4 rings (SSSR count). The number of fused-ring (bicyclic) bond motifs is 1. The molecule has 2 aromatic rings. The number of amides is 1. The fourth-order valence-corrected chi connectivity index (χ4v) is 4.29. The van der Waals surface area contributed by atoms with Crippen LogP contribution in [0.1, 0.15) is 33.5 Å². The van der Waals surface area contributed by atoms with Crippen molar-refractivity contribution in [1.82, 2.24) is 9.80 Å². The Hall–Kier alpha value is -2.66. The highest BCUT2D eigenvalue weighted by Gasteiger charge is 2.29. The van der Waals surface area contributed by atoms with Crippen LogP contribution in [0.3, 0.4) is 0 Å². The van der Waals surface area contributed by atoms with E-state index in [9.17, 15) is 9.59 Å². The second kappa shape index (κ2) is 8.15. The predicted octanol–water partition coefficient (Wildman–Crippen LogP) is 2.67. The van der Waals surface area contributed by atoms with E-state index in [1.807, 2.05) is 17.0 Å². The van der Waals surface area contributed by atoms with Crippen molar-refractivity contribution in [2.45, 2.75) is 31.8 Å². The number of ether oxygens (including phenoxy) is 1. The van der Waals surface area contributed by atoms with Crippen molar-refractivity contribution in [3.63, 3.8) is 0 Å². The molecule has 2 aromatic carbocycles. The van der Waals surface area contributed by atoms with Gasteiger partial charge in [0.2, 0.25) is 5.91 Å². The Labute approximate surface area is 165 Å². The molecule has 1 aliphatic carbocycles. The molecule has 0 saturated carbocycles. The maximum atomic E-state index is 12.6. The van der Waals surface area contributed by atoms with Crippen LogP contribution in [-0.2, 0) is 28.9 Å². The first-order valence-corrected chi connectivity index (χ1v) is 9.90. The van der Waals surface area contributed by atoms with Crippen LogP contribution in [0.2, 0.25) is 0 Å². The van der Waals surface area contributed by atoms with Gasteiger partial charge in [-0.25, -0.2) is 4.79 Å². The molecule has 0 radical (unpaired) electrons. The molecule has 0 aromatic heterocycles. The molecule has 0 N–H and O–H groups in total. The Balaban J connectivity index is 1.37. The summed E-state index contributed by atoms with van der Waals surface area (Å²) in [6.45, 7) is 3.06. The van der Waals surface area contributed by atoms with Crippen molar-refractivity contribution in [3.05, 3.63) is 70.8 Å². The van der Waals surface area contributed by atoms with Crippen molar-refractivity contribution in [3.8, 4) is 0 Å². The number of nitrogens with zero attached hydrogens (tertiary/aromatic N) is 2. The first-order chi connectivity index (χ1) is 13.6. The van der Waals surface area contributed by atoms with Gasteiger partial charge in [-0.3, -0.25) is 9.69 Å². The number of rotatable bonds is 4. The quantitative estimate of drug-likeness (QED) is 0.768. The molecule has 0 unspecified atom stereocenters. The minimum atomic E-state index is -0.342. The third-order valence-electron chi connectivity index (χ3n) is 5.92. The highest BCUT2D eigenvalue weighted by molar-refractivity contribution is 5.89. The number of hydrogen-bond donors (Lipinski definition) is 0. The van der Waals surface area contributed by atoms with Crippen LogP contribution in [0.25, 0.3) is 0 Å². The zero-order valence-corrected chi connectivity index (χ0v) is 16.3. The van der Waals surface area contributed by atoms with Crippen LogP contribution in [0.5, 0.6) is 0 Å². The third-order valence-corrected chi connectivity index (χ3v) is 5.92. The summed E-state index contributed by atoms with van der Waals surface area (Å²) >= 11 is 0. The molecule has 0 bridgehead atoms. The molecule has 1 heterocycles. The fraction of sp³-hybridized carbons (Fsp3) is 0.391. The number of carbonyl (C=O) groups excluding carboxylic acids is 2. The molecular weight excluding hydrogens is 352 g/mol. The lowest BCUT2D eigenvalue weighted by Crippen LogP contribution is -2.39. The molecule has 2 aliphatic rings. The van der Waals surface area contributed by atoms with E-state index in [0.29, 0.717) is 24.6 Å². The molecule has 5 heteroatoms. The highest BCUT2D eigenvalue weighted by atomic mass is 16.5. The van der Waals surface area contributed by atoms with Crippen LogP contribution < -0.4 is 0 Å². The monoisotopic (exact) mass is 378 g/mol. The van der Waals surface area contributed by atoms with Crippen molar-refractivity contribution in [1.29, 1.82) is 0 Å². The van der Waals surface area contributed by atoms with Crippen LogP contribution in [0.15, 0.2) is 48.5 Å². The Morgan fingerprint density at radius 1 is 1.00 bits per heavy atom. The van der Waals surface area contributed by atoms with Crippen LogP contribution in [0, 0.1) is 0 Å². The lowest BCUT2D eigenvalue weighted by molar-refractivity contribution is -0.130. The average molecular weight is 378 g/mol. The molecule has 5 nitrogen and oxygen atoms in total. The number of benzene rings is 2. The Morgan fingerprint density at radius 2 is 1.68 bits per heavy atom. The third kappa shape index (κ3) is 3.94. The Bertz CT molecular complexity index is 837. The maximum Gasteiger partial charge on any atom is 0.337 e. The zero-order valence-electron chi connectivity index (χ0n) is 16.3. The van der Waals surface area contributed by atoms with Gasteiger partial charge in [0.15, 0.2) is 0 Å². The van der Waals surface area contributed by atoms with Crippen molar-refractivity contribution < 1.29 is 14.3 Å². The van der Waals surface area contributed by atoms with Crippen LogP contribution >= 0.6 is 0 Å². The van der Waals surface area contributed by atoms with Crippen molar-refractivity contribution in [2.75, 3.05) is 26.7 Å². The van der Waals surface area contributed by atoms with Gasteiger partial charge in [0.1, 0.15) is 0 Å². The second-order valence-corrected chi connectivity index (χ2v) is 7.62. The average Bonchev–Trinajstić information content (AvgIpc) is 3.08. The predicted molar refractivity (Wildman–Crippen MR) is 107 cm³/mol. The molecule has 28 heavy (non-hydrogen) atoms. The number of methoxy groups -OCH3 is 1. The van der Waals surface area contributed by atoms with Crippen LogP contribution in [0.4, 0.5) is 0 Å². The van der Waals surface area contributed by atoms with Gasteiger partial charge < -0.3 is 9.64 Å². The summed E-state index contributed by atoms with van der Waals surface area (Å²) in [6.07, 6.45) is 2.73. The summed E-state index contributed by atoms with van der Waals surface area (Å²) in [7, 11) is 1.38. The van der Waals surface area contributed by atoms with E-state index >= 15 is 0 Å². The van der Waals surface area contributed by atoms with Gasteiger partial charge in [-0.15, -0.1) is 0 Å². The van der Waals surface area contributed by atoms with Gasteiger partial charge in [-0.1, -0.05) is 36.4 Å². The zero-order chi connectivity index (χ0) is 19.5. The summed E-state index contributed by atoms with van der Waals surface area (Å²) in [6, 6.07) is 16.5. The number of carbonyl (C=O) groups is 2. The molecule has 1 saturated heterocycles. The van der Waals surface area contributed by atoms with Crippen molar-refractivity contribution >= 4 is 11.9 Å². The molecule has 0 spiro atoms. The SMILES string of the molecule is COC(=O)c1ccc(CN2CCN(C3Cc4ccccc4C3)CCC2=O)cc1. The van der Waals surface area contributed by atoms with Gasteiger partial charge in [0.05, 0.1) is 12.7 Å². The summed E-state index contributed by atoms with van der Waals surface area (Å²) < 4.78 is 4.73. The maximum absolute atomic E-state index is 12.6. The van der Waals surface area contributed by atoms with E-state index in [2.05, 4.69) is 29.2 Å². The standard InChI is InChI=1S/C23H26N2O3/c1-28-23(27)18-8-6-17(7-9-18)16-25-13-12-24(11-10-22(25)26)21-14-19-4-2-3-5-20(19)15-21/h2-9,21H,10-16H2,1H3. The normalized spacial score (nSPS) is 18.0. The lowest BCUT2D eigenvalue weighted by atomic mass is 10.1. The molecule has 1 aliphatic heterocycles. The number of esters is 1. The topological polar surface area (TPSA) is 49.9 Å². The van der Waals surface area contributed by atoms with E-state index in [-0.39, 0.29) is 11.9 Å². The highest BCUT2D eigenvalue weighted by Crippen LogP contribution is 2.26. The largest absolute Gasteiger partial charge is 0.465 e. The van der Waals surface area contributed by atoms with E-state index in [1.165, 1.54) is 18.2 Å². The van der Waals surface area contributed by atoms with Gasteiger partial charge >= 0.3 is 5.97 Å². The molecule has 1 amide bonds. The smallest absolute Gasteiger partial charge is 0.337 e. The fourth-order valence-electron chi connectivity index (χ4n) is 4.29. The minimum Gasteiger partial charge on any atom is -0.465 e. The van der Waals surface area contributed by atoms with E-state index in [1.54, 1.807) is 12.1 Å².